The van der Waals surface area contributed by atoms with Gasteiger partial charge >= 0.3 is 0 Å². The number of rotatable bonds is 0. The van der Waals surface area contributed by atoms with Crippen molar-refractivity contribution in [3.05, 3.63) is 0 Å². The lowest BCUT2D eigenvalue weighted by Crippen LogP contribution is -2.38. The second kappa shape index (κ2) is 6.55. The fraction of sp³-hybridized carbons (Fsp3) is 1.00. The summed E-state index contributed by atoms with van der Waals surface area (Å²) in [5.41, 5.74) is 0. The molecule has 0 aromatic carbocycles. The van der Waals surface area contributed by atoms with Crippen molar-refractivity contribution in [3.63, 3.8) is 0 Å². The fourth-order valence-electron chi connectivity index (χ4n) is 2.73. The first kappa shape index (κ1) is 13.1. The minimum Gasteiger partial charge on any atom is -0.391 e. The highest BCUT2D eigenvalue weighted by atomic mass is 32.2. The molecule has 2 fully saturated rings. The molecule has 0 aromatic rings. The van der Waals surface area contributed by atoms with Crippen LogP contribution in [0, 0.1) is 0 Å². The van der Waals surface area contributed by atoms with Crippen molar-refractivity contribution in [1.29, 1.82) is 0 Å². The lowest BCUT2D eigenvalue weighted by Gasteiger charge is -2.40. The molecule has 1 nitrogen and oxygen atoms in total. The molecule has 0 radical (unpaired) electrons. The van der Waals surface area contributed by atoms with Crippen LogP contribution in [0.2, 0.25) is 0 Å². The lowest BCUT2D eigenvalue weighted by molar-refractivity contribution is 0.140. The molecule has 2 rings (SSSR count). The van der Waals surface area contributed by atoms with Crippen molar-refractivity contribution in [2.45, 2.75) is 68.0 Å². The van der Waals surface area contributed by atoms with Gasteiger partial charge in [-0.15, -0.1) is 23.5 Å². The predicted octanol–water partition coefficient (Wildman–Crippen LogP) is 4.05. The summed E-state index contributed by atoms with van der Waals surface area (Å²) in [4.78, 5) is 0. The molecule has 1 aliphatic heterocycles. The van der Waals surface area contributed by atoms with E-state index in [1.54, 1.807) is 0 Å². The maximum absolute atomic E-state index is 10.5. The van der Waals surface area contributed by atoms with Gasteiger partial charge in [0, 0.05) is 0 Å². The molecule has 3 heteroatoms. The molecule has 2 aliphatic rings. The highest BCUT2D eigenvalue weighted by molar-refractivity contribution is 8.18. The zero-order valence-electron chi connectivity index (χ0n) is 10.1. The van der Waals surface area contributed by atoms with E-state index in [-0.39, 0.29) is 10.2 Å². The third-order valence-electron chi connectivity index (χ3n) is 3.74. The van der Waals surface area contributed by atoms with Crippen LogP contribution in [0.3, 0.4) is 0 Å². The summed E-state index contributed by atoms with van der Waals surface area (Å²) >= 11 is 4.09. The van der Waals surface area contributed by atoms with Gasteiger partial charge in [-0.3, -0.25) is 0 Å². The zero-order valence-corrected chi connectivity index (χ0v) is 11.8. The van der Waals surface area contributed by atoms with Crippen LogP contribution in [0.4, 0.5) is 0 Å². The van der Waals surface area contributed by atoms with E-state index in [2.05, 4.69) is 0 Å². The molecule has 0 amide bonds. The Morgan fingerprint density at radius 3 is 2.19 bits per heavy atom. The van der Waals surface area contributed by atoms with Crippen LogP contribution in [0.5, 0.6) is 0 Å². The van der Waals surface area contributed by atoms with Crippen LogP contribution in [-0.2, 0) is 0 Å². The van der Waals surface area contributed by atoms with E-state index in [1.165, 1.54) is 62.9 Å². The summed E-state index contributed by atoms with van der Waals surface area (Å²) in [6, 6.07) is 0. The second-order valence-electron chi connectivity index (χ2n) is 5.04. The van der Waals surface area contributed by atoms with E-state index in [0.29, 0.717) is 0 Å². The van der Waals surface area contributed by atoms with Crippen molar-refractivity contribution in [1.82, 2.24) is 0 Å². The maximum Gasteiger partial charge on any atom is 0.0868 e. The maximum atomic E-state index is 10.5. The fourth-order valence-corrected chi connectivity index (χ4v) is 6.21. The Kier molecular flexibility index (Phi) is 5.37. The SMILES string of the molecule is OC1CCCCCCCCC12SCCCS2. The molecule has 16 heavy (non-hydrogen) atoms. The van der Waals surface area contributed by atoms with E-state index >= 15 is 0 Å². The van der Waals surface area contributed by atoms with E-state index in [0.717, 1.165) is 6.42 Å². The Balaban J connectivity index is 1.98. The van der Waals surface area contributed by atoms with E-state index < -0.39 is 0 Å². The molecule has 1 saturated heterocycles. The van der Waals surface area contributed by atoms with Crippen LogP contribution in [0.15, 0.2) is 0 Å². The summed E-state index contributed by atoms with van der Waals surface area (Å²) in [5.74, 6) is 2.51. The zero-order chi connectivity index (χ0) is 11.3. The Morgan fingerprint density at radius 1 is 0.812 bits per heavy atom. The van der Waals surface area contributed by atoms with Gasteiger partial charge in [-0.25, -0.2) is 0 Å². The van der Waals surface area contributed by atoms with Gasteiger partial charge in [0.1, 0.15) is 0 Å². The molecule has 1 atom stereocenters. The third-order valence-corrected chi connectivity index (χ3v) is 7.36. The molecule has 94 valence electrons. The first-order chi connectivity index (χ1) is 7.83. The summed E-state index contributed by atoms with van der Waals surface area (Å²) in [6.07, 6.45) is 11.5. The summed E-state index contributed by atoms with van der Waals surface area (Å²) in [7, 11) is 0. The second-order valence-corrected chi connectivity index (χ2v) is 8.15. The molecule has 1 N–H and O–H groups in total. The first-order valence-corrected chi connectivity index (χ1v) is 8.77. The third kappa shape index (κ3) is 3.33. The number of aliphatic hydroxyl groups excluding tert-OH is 1. The Hall–Kier alpha value is 0.660. The van der Waals surface area contributed by atoms with Crippen LogP contribution in [0.25, 0.3) is 0 Å². The standard InChI is InChI=1S/C13H24OS2/c14-12-8-5-3-1-2-4-6-9-13(12)15-10-7-11-16-13/h12,14H,1-11H2. The minimum atomic E-state index is -0.0686. The highest BCUT2D eigenvalue weighted by Gasteiger charge is 2.39. The van der Waals surface area contributed by atoms with E-state index in [1.807, 2.05) is 23.5 Å². The van der Waals surface area contributed by atoms with Crippen molar-refractivity contribution in [2.75, 3.05) is 11.5 Å². The predicted molar refractivity (Wildman–Crippen MR) is 75.2 cm³/mol. The average Bonchev–Trinajstić information content (AvgIpc) is 2.33. The summed E-state index contributed by atoms with van der Waals surface area (Å²) in [5, 5.41) is 10.5. The normalized spacial score (nSPS) is 32.4. The first-order valence-electron chi connectivity index (χ1n) is 6.79. The number of hydrogen-bond acceptors (Lipinski definition) is 3. The van der Waals surface area contributed by atoms with Gasteiger partial charge in [0.2, 0.25) is 0 Å². The smallest absolute Gasteiger partial charge is 0.0868 e. The highest BCUT2D eigenvalue weighted by Crippen LogP contribution is 2.49. The van der Waals surface area contributed by atoms with Gasteiger partial charge in [0.05, 0.1) is 10.2 Å². The summed E-state index contributed by atoms with van der Waals surface area (Å²) < 4.78 is 0.162. The lowest BCUT2D eigenvalue weighted by atomic mass is 9.98. The van der Waals surface area contributed by atoms with Gasteiger partial charge in [-0.1, -0.05) is 38.5 Å². The van der Waals surface area contributed by atoms with E-state index in [4.69, 9.17) is 0 Å². The molecular formula is C13H24OS2. The Bertz CT molecular complexity index is 202. The average molecular weight is 260 g/mol. The largest absolute Gasteiger partial charge is 0.391 e. The Morgan fingerprint density at radius 2 is 1.44 bits per heavy atom. The van der Waals surface area contributed by atoms with Crippen LogP contribution < -0.4 is 0 Å². The van der Waals surface area contributed by atoms with Crippen LogP contribution >= 0.6 is 23.5 Å². The number of thioether (sulfide) groups is 2. The summed E-state index contributed by atoms with van der Waals surface area (Å²) in [6.45, 7) is 0. The Labute approximate surface area is 108 Å². The number of hydrogen-bond donors (Lipinski definition) is 1. The molecular weight excluding hydrogens is 236 g/mol. The molecule has 1 spiro atoms. The molecule has 1 aliphatic carbocycles. The van der Waals surface area contributed by atoms with Gasteiger partial charge in [-0.2, -0.15) is 0 Å². The van der Waals surface area contributed by atoms with E-state index in [9.17, 15) is 5.11 Å². The van der Waals surface area contributed by atoms with Gasteiger partial charge in [0.25, 0.3) is 0 Å². The van der Waals surface area contributed by atoms with Crippen molar-refractivity contribution in [2.24, 2.45) is 0 Å². The van der Waals surface area contributed by atoms with Crippen molar-refractivity contribution >= 4 is 23.5 Å². The monoisotopic (exact) mass is 260 g/mol. The quantitative estimate of drug-likeness (QED) is 0.709. The molecule has 0 bridgehead atoms. The van der Waals surface area contributed by atoms with Crippen molar-refractivity contribution in [3.8, 4) is 0 Å². The van der Waals surface area contributed by atoms with Gasteiger partial charge in [0.15, 0.2) is 0 Å². The topological polar surface area (TPSA) is 20.2 Å². The van der Waals surface area contributed by atoms with Gasteiger partial charge < -0.3 is 5.11 Å². The molecule has 1 unspecified atom stereocenters. The molecule has 1 saturated carbocycles. The van der Waals surface area contributed by atoms with Gasteiger partial charge in [-0.05, 0) is 30.8 Å². The molecule has 0 aromatic heterocycles. The minimum absolute atomic E-state index is 0.0686. The number of aliphatic hydroxyl groups is 1. The van der Waals surface area contributed by atoms with Crippen LogP contribution in [0.1, 0.15) is 57.8 Å². The van der Waals surface area contributed by atoms with Crippen molar-refractivity contribution < 1.29 is 5.11 Å². The molecule has 1 heterocycles. The van der Waals surface area contributed by atoms with Crippen LogP contribution in [-0.4, -0.2) is 26.8 Å².